The molecule has 1 aromatic heterocycles. The Kier molecular flexibility index (Phi) is 8.76. The number of carbonyl (C=O) groups is 1. The number of rotatable bonds is 4. The summed E-state index contributed by atoms with van der Waals surface area (Å²) in [5.41, 5.74) is 2.65. The van der Waals surface area contributed by atoms with E-state index in [1.807, 2.05) is 36.4 Å². The van der Waals surface area contributed by atoms with Gasteiger partial charge in [0.05, 0.1) is 5.56 Å². The first-order chi connectivity index (χ1) is 10.8. The number of halogens is 2. The van der Waals surface area contributed by atoms with Crippen molar-refractivity contribution < 1.29 is 4.79 Å². The number of benzene rings is 1. The lowest BCUT2D eigenvalue weighted by atomic mass is 9.99. The van der Waals surface area contributed by atoms with Crippen LogP contribution in [0.4, 0.5) is 0 Å². The summed E-state index contributed by atoms with van der Waals surface area (Å²) in [6.07, 6.45) is 5.78. The van der Waals surface area contributed by atoms with Crippen molar-refractivity contribution in [2.75, 3.05) is 19.6 Å². The molecule has 24 heavy (non-hydrogen) atoms. The summed E-state index contributed by atoms with van der Waals surface area (Å²) in [6.45, 7) is 2.80. The maximum atomic E-state index is 12.3. The fraction of sp³-hybridized carbons (Fsp3) is 0.333. The minimum absolute atomic E-state index is 0. The van der Waals surface area contributed by atoms with Crippen LogP contribution < -0.4 is 10.6 Å². The van der Waals surface area contributed by atoms with Crippen molar-refractivity contribution >= 4 is 30.7 Å². The zero-order valence-electron chi connectivity index (χ0n) is 13.4. The van der Waals surface area contributed by atoms with Gasteiger partial charge in [0.15, 0.2) is 0 Å². The van der Waals surface area contributed by atoms with Crippen LogP contribution >= 0.6 is 24.8 Å². The molecule has 1 fully saturated rings. The number of carbonyl (C=O) groups excluding carboxylic acids is 1. The van der Waals surface area contributed by atoms with Gasteiger partial charge in [-0.15, -0.1) is 24.8 Å². The Morgan fingerprint density at radius 3 is 2.67 bits per heavy atom. The quantitative estimate of drug-likeness (QED) is 0.871. The van der Waals surface area contributed by atoms with E-state index < -0.39 is 0 Å². The topological polar surface area (TPSA) is 54.0 Å². The molecule has 6 heteroatoms. The SMILES string of the molecule is Cl.Cl.O=C(NCC1CCCNC1)c1cncc(-c2ccccc2)c1. The summed E-state index contributed by atoms with van der Waals surface area (Å²) in [5.74, 6) is 0.485. The number of piperidine rings is 1. The molecule has 1 atom stereocenters. The molecule has 1 amide bonds. The maximum absolute atomic E-state index is 12.3. The van der Waals surface area contributed by atoms with Gasteiger partial charge in [-0.3, -0.25) is 9.78 Å². The Balaban J connectivity index is 0.00000144. The average Bonchev–Trinajstić information content (AvgIpc) is 2.61. The minimum Gasteiger partial charge on any atom is -0.352 e. The van der Waals surface area contributed by atoms with Crippen molar-refractivity contribution in [2.45, 2.75) is 12.8 Å². The third kappa shape index (κ3) is 5.48. The van der Waals surface area contributed by atoms with Crippen LogP contribution in [-0.2, 0) is 0 Å². The van der Waals surface area contributed by atoms with E-state index in [-0.39, 0.29) is 30.7 Å². The zero-order valence-corrected chi connectivity index (χ0v) is 15.0. The van der Waals surface area contributed by atoms with Gasteiger partial charge in [0.2, 0.25) is 0 Å². The van der Waals surface area contributed by atoms with Crippen LogP contribution in [0.15, 0.2) is 48.8 Å². The van der Waals surface area contributed by atoms with E-state index >= 15 is 0 Å². The smallest absolute Gasteiger partial charge is 0.252 e. The van der Waals surface area contributed by atoms with Gasteiger partial charge in [0.25, 0.3) is 5.91 Å². The Hall–Kier alpha value is -1.62. The van der Waals surface area contributed by atoms with Crippen molar-refractivity contribution in [3.8, 4) is 11.1 Å². The molecule has 1 aromatic carbocycles. The molecule has 0 spiro atoms. The molecular weight excluding hydrogens is 345 g/mol. The summed E-state index contributed by atoms with van der Waals surface area (Å²) < 4.78 is 0. The third-order valence-electron chi connectivity index (χ3n) is 4.06. The Bertz CT molecular complexity index is 631. The van der Waals surface area contributed by atoms with Gasteiger partial charge < -0.3 is 10.6 Å². The first-order valence-corrected chi connectivity index (χ1v) is 7.82. The number of hydrogen-bond donors (Lipinski definition) is 2. The zero-order chi connectivity index (χ0) is 15.2. The van der Waals surface area contributed by atoms with E-state index in [2.05, 4.69) is 15.6 Å². The first-order valence-electron chi connectivity index (χ1n) is 7.82. The van der Waals surface area contributed by atoms with Gasteiger partial charge in [-0.25, -0.2) is 0 Å². The number of aromatic nitrogens is 1. The summed E-state index contributed by atoms with van der Waals surface area (Å²) in [7, 11) is 0. The van der Waals surface area contributed by atoms with Gasteiger partial charge in [-0.1, -0.05) is 30.3 Å². The summed E-state index contributed by atoms with van der Waals surface area (Å²) in [5, 5.41) is 6.39. The van der Waals surface area contributed by atoms with E-state index in [9.17, 15) is 4.79 Å². The van der Waals surface area contributed by atoms with Gasteiger partial charge >= 0.3 is 0 Å². The largest absolute Gasteiger partial charge is 0.352 e. The first kappa shape index (κ1) is 20.4. The monoisotopic (exact) mass is 367 g/mol. The number of nitrogens with zero attached hydrogens (tertiary/aromatic N) is 1. The summed E-state index contributed by atoms with van der Waals surface area (Å²) in [4.78, 5) is 16.5. The Morgan fingerprint density at radius 2 is 1.96 bits per heavy atom. The molecule has 1 aliphatic rings. The predicted octanol–water partition coefficient (Wildman–Crippen LogP) is 3.32. The van der Waals surface area contributed by atoms with Crippen molar-refractivity contribution in [1.82, 2.24) is 15.6 Å². The van der Waals surface area contributed by atoms with E-state index in [1.54, 1.807) is 12.4 Å². The van der Waals surface area contributed by atoms with Crippen LogP contribution in [0.5, 0.6) is 0 Å². The molecule has 2 heterocycles. The fourth-order valence-electron chi connectivity index (χ4n) is 2.79. The normalized spacial score (nSPS) is 16.4. The van der Waals surface area contributed by atoms with E-state index in [4.69, 9.17) is 0 Å². The highest BCUT2D eigenvalue weighted by molar-refractivity contribution is 5.95. The predicted molar refractivity (Wildman–Crippen MR) is 102 cm³/mol. The molecular formula is C18H23Cl2N3O. The summed E-state index contributed by atoms with van der Waals surface area (Å²) in [6, 6.07) is 11.9. The standard InChI is InChI=1S/C18H21N3O.2ClH/c22-18(21-11-14-5-4-8-19-10-14)17-9-16(12-20-13-17)15-6-2-1-3-7-15;;/h1-3,6-7,9,12-14,19H,4-5,8,10-11H2,(H,21,22);2*1H. The Labute approximate surface area is 155 Å². The molecule has 0 saturated carbocycles. The van der Waals surface area contributed by atoms with Gasteiger partial charge in [0, 0.05) is 24.5 Å². The Morgan fingerprint density at radius 1 is 1.17 bits per heavy atom. The number of hydrogen-bond acceptors (Lipinski definition) is 3. The van der Waals surface area contributed by atoms with Gasteiger partial charge in [0.1, 0.15) is 0 Å². The minimum atomic E-state index is -0.0455. The molecule has 2 N–H and O–H groups in total. The molecule has 0 radical (unpaired) electrons. The van der Waals surface area contributed by atoms with Crippen molar-refractivity contribution in [3.05, 3.63) is 54.4 Å². The number of nitrogens with one attached hydrogen (secondary N) is 2. The second-order valence-electron chi connectivity index (χ2n) is 5.75. The van der Waals surface area contributed by atoms with Crippen molar-refractivity contribution in [3.63, 3.8) is 0 Å². The molecule has 1 saturated heterocycles. The van der Waals surface area contributed by atoms with E-state index in [0.717, 1.165) is 30.8 Å². The summed E-state index contributed by atoms with van der Waals surface area (Å²) >= 11 is 0. The van der Waals surface area contributed by atoms with Crippen molar-refractivity contribution in [1.29, 1.82) is 0 Å². The highest BCUT2D eigenvalue weighted by atomic mass is 35.5. The van der Waals surface area contributed by atoms with E-state index in [0.29, 0.717) is 11.5 Å². The average molecular weight is 368 g/mol. The molecule has 1 aliphatic heterocycles. The molecule has 0 aliphatic carbocycles. The van der Waals surface area contributed by atoms with Crippen LogP contribution in [-0.4, -0.2) is 30.5 Å². The lowest BCUT2D eigenvalue weighted by Crippen LogP contribution is -2.38. The molecule has 130 valence electrons. The van der Waals surface area contributed by atoms with Crippen molar-refractivity contribution in [2.24, 2.45) is 5.92 Å². The van der Waals surface area contributed by atoms with E-state index in [1.165, 1.54) is 12.8 Å². The van der Waals surface area contributed by atoms with Crippen LogP contribution in [0.25, 0.3) is 11.1 Å². The van der Waals surface area contributed by atoms with Crippen LogP contribution in [0.3, 0.4) is 0 Å². The molecule has 0 bridgehead atoms. The number of amides is 1. The van der Waals surface area contributed by atoms with Gasteiger partial charge in [-0.2, -0.15) is 0 Å². The fourth-order valence-corrected chi connectivity index (χ4v) is 2.79. The van der Waals surface area contributed by atoms with Gasteiger partial charge in [-0.05, 0) is 43.5 Å². The van der Waals surface area contributed by atoms with Crippen LogP contribution in [0.2, 0.25) is 0 Å². The molecule has 2 aromatic rings. The lowest BCUT2D eigenvalue weighted by Gasteiger charge is -2.22. The number of pyridine rings is 1. The highest BCUT2D eigenvalue weighted by Gasteiger charge is 2.15. The third-order valence-corrected chi connectivity index (χ3v) is 4.06. The highest BCUT2D eigenvalue weighted by Crippen LogP contribution is 2.18. The second-order valence-corrected chi connectivity index (χ2v) is 5.75. The maximum Gasteiger partial charge on any atom is 0.252 e. The molecule has 3 rings (SSSR count). The second kappa shape index (κ2) is 10.3. The van der Waals surface area contributed by atoms with Crippen LogP contribution in [0, 0.1) is 5.92 Å². The molecule has 4 nitrogen and oxygen atoms in total. The van der Waals surface area contributed by atoms with Crippen LogP contribution in [0.1, 0.15) is 23.2 Å². The lowest BCUT2D eigenvalue weighted by molar-refractivity contribution is 0.0944. The molecule has 1 unspecified atom stereocenters.